The van der Waals surface area contributed by atoms with Crippen molar-refractivity contribution >= 4 is 27.8 Å². The first-order valence-electron chi connectivity index (χ1n) is 10.2. The maximum absolute atomic E-state index is 13.3. The molecule has 0 radical (unpaired) electrons. The zero-order valence-electron chi connectivity index (χ0n) is 16.3. The molecule has 0 spiro atoms. The summed E-state index contributed by atoms with van der Waals surface area (Å²) in [5.41, 5.74) is 2.48. The normalized spacial score (nSPS) is 23.8. The van der Waals surface area contributed by atoms with E-state index in [0.29, 0.717) is 30.4 Å². The highest BCUT2D eigenvalue weighted by Crippen LogP contribution is 2.57. The average Bonchev–Trinajstić information content (AvgIpc) is 3.24. The van der Waals surface area contributed by atoms with Crippen LogP contribution in [0.5, 0.6) is 0 Å². The summed E-state index contributed by atoms with van der Waals surface area (Å²) >= 11 is 3.36. The molecule has 0 saturated heterocycles. The summed E-state index contributed by atoms with van der Waals surface area (Å²) < 4.78 is 7.66. The molecule has 2 atom stereocenters. The lowest BCUT2D eigenvalue weighted by Gasteiger charge is -2.35. The Kier molecular flexibility index (Phi) is 4.49. The molecule has 5 rings (SSSR count). The Bertz CT molecular complexity index is 979. The van der Waals surface area contributed by atoms with E-state index in [9.17, 15) is 9.59 Å². The Morgan fingerprint density at radius 3 is 2.76 bits per heavy atom. The van der Waals surface area contributed by atoms with Gasteiger partial charge < -0.3 is 10.1 Å². The van der Waals surface area contributed by atoms with Crippen LogP contribution in [0.4, 0.5) is 0 Å². The van der Waals surface area contributed by atoms with Crippen LogP contribution in [0, 0.1) is 5.92 Å². The van der Waals surface area contributed by atoms with E-state index in [1.807, 2.05) is 16.8 Å². The molecule has 3 aliphatic rings. The van der Waals surface area contributed by atoms with Crippen LogP contribution in [-0.4, -0.2) is 39.3 Å². The summed E-state index contributed by atoms with van der Waals surface area (Å²) in [7, 11) is 1.38. The van der Waals surface area contributed by atoms with E-state index >= 15 is 0 Å². The van der Waals surface area contributed by atoms with Gasteiger partial charge in [0.2, 0.25) is 0 Å². The van der Waals surface area contributed by atoms with Crippen LogP contribution < -0.4 is 5.32 Å². The minimum Gasteiger partial charge on any atom is -0.467 e. The third-order valence-electron chi connectivity index (χ3n) is 6.57. The Morgan fingerprint density at radius 1 is 1.28 bits per heavy atom. The fraction of sp³-hybridized carbons (Fsp3) is 0.524. The Labute approximate surface area is 177 Å². The smallest absolute Gasteiger partial charge is 0.331 e. The highest BCUT2D eigenvalue weighted by Gasteiger charge is 2.51. The third kappa shape index (κ3) is 3.08. The van der Waals surface area contributed by atoms with Crippen molar-refractivity contribution in [2.75, 3.05) is 7.11 Å². The molecule has 1 amide bonds. The van der Waals surface area contributed by atoms with Crippen LogP contribution in [0.3, 0.4) is 0 Å². The van der Waals surface area contributed by atoms with Crippen LogP contribution in [0.2, 0.25) is 0 Å². The van der Waals surface area contributed by atoms with Gasteiger partial charge in [0.1, 0.15) is 10.1 Å². The first-order chi connectivity index (χ1) is 14.0. The highest BCUT2D eigenvalue weighted by atomic mass is 79.9. The molecule has 2 saturated carbocycles. The molecular weight excluding hydrogens is 436 g/mol. The number of aromatic nitrogens is 3. The Balaban J connectivity index is 1.50. The summed E-state index contributed by atoms with van der Waals surface area (Å²) in [5.74, 6) is 0.431. The second-order valence-electron chi connectivity index (χ2n) is 8.36. The molecule has 1 N–H and O–H groups in total. The quantitative estimate of drug-likeness (QED) is 0.560. The van der Waals surface area contributed by atoms with Gasteiger partial charge in [-0.05, 0) is 59.7 Å². The van der Waals surface area contributed by atoms with Gasteiger partial charge in [-0.2, -0.15) is 5.10 Å². The van der Waals surface area contributed by atoms with Crippen molar-refractivity contribution in [3.63, 3.8) is 0 Å². The number of nitrogens with one attached hydrogen (secondary N) is 1. The molecule has 2 aromatic rings. The minimum absolute atomic E-state index is 0.279. The number of amides is 1. The van der Waals surface area contributed by atoms with Crippen molar-refractivity contribution in [2.45, 2.75) is 56.4 Å². The van der Waals surface area contributed by atoms with E-state index in [1.54, 1.807) is 6.20 Å². The second-order valence-corrected chi connectivity index (χ2v) is 9.17. The van der Waals surface area contributed by atoms with Crippen LogP contribution in [0.1, 0.15) is 66.2 Å². The SMILES string of the molecule is COC(=O)C1(NC(=O)c2nn(-c3ccc(Br)nc3)c3c2C[C@H]2C[C@@H]32)CCCCC1. The predicted octanol–water partition coefficient (Wildman–Crippen LogP) is 3.30. The largest absolute Gasteiger partial charge is 0.467 e. The van der Waals surface area contributed by atoms with Crippen LogP contribution in [0.15, 0.2) is 22.9 Å². The van der Waals surface area contributed by atoms with E-state index in [2.05, 4.69) is 31.3 Å². The molecule has 152 valence electrons. The number of fused-ring (bicyclic) bond motifs is 3. The second kappa shape index (κ2) is 6.93. The summed E-state index contributed by atoms with van der Waals surface area (Å²) in [4.78, 5) is 30.1. The number of nitrogens with zero attached hydrogens (tertiary/aromatic N) is 3. The van der Waals surface area contributed by atoms with Crippen molar-refractivity contribution in [3.8, 4) is 5.69 Å². The summed E-state index contributed by atoms with van der Waals surface area (Å²) in [6.07, 6.45) is 7.86. The molecule has 0 aliphatic heterocycles. The molecule has 2 aromatic heterocycles. The van der Waals surface area contributed by atoms with Gasteiger partial charge in [-0.1, -0.05) is 19.3 Å². The fourth-order valence-corrected chi connectivity index (χ4v) is 5.23. The van der Waals surface area contributed by atoms with Crippen molar-refractivity contribution < 1.29 is 14.3 Å². The standard InChI is InChI=1S/C21H23BrN4O3/c1-29-20(28)21(7-3-2-4-8-21)24-19(27)17-15-10-12-9-14(12)18(15)26(25-17)13-5-6-16(22)23-11-13/h5-6,11-12,14H,2-4,7-10H2,1H3,(H,24,27)/t12-,14-/m1/s1. The van der Waals surface area contributed by atoms with Gasteiger partial charge in [0, 0.05) is 11.5 Å². The Morgan fingerprint density at radius 2 is 2.07 bits per heavy atom. The van der Waals surface area contributed by atoms with Crippen molar-refractivity contribution in [3.05, 3.63) is 39.9 Å². The molecule has 0 unspecified atom stereocenters. The van der Waals surface area contributed by atoms with E-state index in [-0.39, 0.29) is 11.9 Å². The zero-order valence-corrected chi connectivity index (χ0v) is 17.9. The predicted molar refractivity (Wildman–Crippen MR) is 109 cm³/mol. The van der Waals surface area contributed by atoms with Gasteiger partial charge >= 0.3 is 5.97 Å². The number of pyridine rings is 1. The third-order valence-corrected chi connectivity index (χ3v) is 7.04. The summed E-state index contributed by atoms with van der Waals surface area (Å²) in [6.45, 7) is 0. The number of hydrogen-bond acceptors (Lipinski definition) is 5. The van der Waals surface area contributed by atoms with Gasteiger partial charge in [-0.25, -0.2) is 14.5 Å². The van der Waals surface area contributed by atoms with Crippen LogP contribution in [0.25, 0.3) is 5.69 Å². The lowest BCUT2D eigenvalue weighted by atomic mass is 9.81. The maximum Gasteiger partial charge on any atom is 0.331 e. The molecular formula is C21H23BrN4O3. The molecule has 29 heavy (non-hydrogen) atoms. The van der Waals surface area contributed by atoms with Gasteiger partial charge in [-0.3, -0.25) is 4.79 Å². The van der Waals surface area contributed by atoms with Gasteiger partial charge in [0.05, 0.1) is 24.7 Å². The Hall–Kier alpha value is -2.22. The lowest BCUT2D eigenvalue weighted by Crippen LogP contribution is -2.56. The number of carbonyl (C=O) groups is 2. The topological polar surface area (TPSA) is 86.1 Å². The summed E-state index contributed by atoms with van der Waals surface area (Å²) in [5, 5.41) is 7.71. The number of esters is 1. The molecule has 0 bridgehead atoms. The van der Waals surface area contributed by atoms with E-state index in [0.717, 1.165) is 53.7 Å². The van der Waals surface area contributed by atoms with Gasteiger partial charge in [0.15, 0.2) is 5.69 Å². The van der Waals surface area contributed by atoms with Crippen LogP contribution >= 0.6 is 15.9 Å². The first-order valence-corrected chi connectivity index (χ1v) is 11.0. The number of halogens is 1. The molecule has 3 aliphatic carbocycles. The average molecular weight is 459 g/mol. The number of carbonyl (C=O) groups excluding carboxylic acids is 2. The molecule has 7 nitrogen and oxygen atoms in total. The number of hydrogen-bond donors (Lipinski definition) is 1. The number of methoxy groups -OCH3 is 1. The maximum atomic E-state index is 13.3. The number of rotatable bonds is 4. The monoisotopic (exact) mass is 458 g/mol. The number of ether oxygens (including phenoxy) is 1. The minimum atomic E-state index is -0.943. The van der Waals surface area contributed by atoms with Crippen molar-refractivity contribution in [2.24, 2.45) is 5.92 Å². The zero-order chi connectivity index (χ0) is 20.2. The van der Waals surface area contributed by atoms with Gasteiger partial charge in [-0.15, -0.1) is 0 Å². The van der Waals surface area contributed by atoms with E-state index < -0.39 is 5.54 Å². The van der Waals surface area contributed by atoms with E-state index in [4.69, 9.17) is 4.74 Å². The lowest BCUT2D eigenvalue weighted by molar-refractivity contribution is -0.149. The van der Waals surface area contributed by atoms with Crippen LogP contribution in [-0.2, 0) is 16.0 Å². The molecule has 0 aromatic carbocycles. The van der Waals surface area contributed by atoms with Crippen molar-refractivity contribution in [1.82, 2.24) is 20.1 Å². The molecule has 2 fully saturated rings. The molecule has 2 heterocycles. The molecule has 8 heteroatoms. The van der Waals surface area contributed by atoms with Gasteiger partial charge in [0.25, 0.3) is 5.91 Å². The van der Waals surface area contributed by atoms with Crippen molar-refractivity contribution in [1.29, 1.82) is 0 Å². The first kappa shape index (κ1) is 18.8. The van der Waals surface area contributed by atoms with E-state index in [1.165, 1.54) is 7.11 Å². The summed E-state index contributed by atoms with van der Waals surface area (Å²) in [6, 6.07) is 3.82. The highest BCUT2D eigenvalue weighted by molar-refractivity contribution is 9.10. The fourth-order valence-electron chi connectivity index (χ4n) is 5.00.